The number of nitrogens with two attached hydrogens (primary N) is 1. The predicted molar refractivity (Wildman–Crippen MR) is 70.6 cm³/mol. The maximum absolute atomic E-state index is 11.5. The van der Waals surface area contributed by atoms with Gasteiger partial charge in [-0.1, -0.05) is 20.3 Å². The average molecular weight is 247 g/mol. The summed E-state index contributed by atoms with van der Waals surface area (Å²) in [7, 11) is 0. The molecule has 0 aromatic heterocycles. The fourth-order valence-corrected chi connectivity index (χ4v) is 2.46. The van der Waals surface area contributed by atoms with Crippen LogP contribution in [-0.4, -0.2) is 29.6 Å². The number of hydrogen-bond donors (Lipinski definition) is 1. The Hall–Kier alpha value is -0.220. The van der Waals surface area contributed by atoms with Crippen molar-refractivity contribution in [3.8, 4) is 0 Å². The topological polar surface area (TPSA) is 52.3 Å². The molecule has 4 heteroatoms. The van der Waals surface area contributed by atoms with Crippen LogP contribution in [0.1, 0.15) is 40.5 Å². The molecule has 0 heterocycles. The minimum Gasteiger partial charge on any atom is -0.465 e. The molecule has 3 nitrogen and oxygen atoms in total. The molecule has 2 unspecified atom stereocenters. The lowest BCUT2D eigenvalue weighted by molar-refractivity contribution is -0.149. The minimum absolute atomic E-state index is 0.292. The Kier molecular flexibility index (Phi) is 7.85. The fraction of sp³-hybridized carbons (Fsp3) is 0.917. The van der Waals surface area contributed by atoms with E-state index in [9.17, 15) is 4.79 Å². The summed E-state index contributed by atoms with van der Waals surface area (Å²) in [6.45, 7) is 8.36. The summed E-state index contributed by atoms with van der Waals surface area (Å²) in [6, 6.07) is 0. The molecule has 0 fully saturated rings. The second-order valence-electron chi connectivity index (χ2n) is 4.48. The largest absolute Gasteiger partial charge is 0.465 e. The van der Waals surface area contributed by atoms with Gasteiger partial charge in [0.1, 0.15) is 5.54 Å². The van der Waals surface area contributed by atoms with E-state index in [1.807, 2.05) is 11.8 Å². The Labute approximate surface area is 103 Å². The van der Waals surface area contributed by atoms with E-state index in [2.05, 4.69) is 13.8 Å². The third-order valence-electron chi connectivity index (χ3n) is 2.61. The Morgan fingerprint density at radius 2 is 2.12 bits per heavy atom. The highest BCUT2D eigenvalue weighted by Gasteiger charge is 2.29. The molecule has 2 N–H and O–H groups in total. The normalized spacial score (nSPS) is 16.6. The highest BCUT2D eigenvalue weighted by Crippen LogP contribution is 2.17. The van der Waals surface area contributed by atoms with Crippen molar-refractivity contribution in [3.63, 3.8) is 0 Å². The van der Waals surface area contributed by atoms with Crippen molar-refractivity contribution >= 4 is 17.7 Å². The average Bonchev–Trinajstić information content (AvgIpc) is 2.24. The first-order valence-corrected chi connectivity index (χ1v) is 7.13. The van der Waals surface area contributed by atoms with Crippen LogP contribution in [0.5, 0.6) is 0 Å². The molecule has 0 bridgehead atoms. The van der Waals surface area contributed by atoms with Crippen molar-refractivity contribution in [3.05, 3.63) is 0 Å². The van der Waals surface area contributed by atoms with E-state index in [-0.39, 0.29) is 5.97 Å². The van der Waals surface area contributed by atoms with Gasteiger partial charge >= 0.3 is 5.97 Å². The monoisotopic (exact) mass is 247 g/mol. The lowest BCUT2D eigenvalue weighted by Gasteiger charge is -2.22. The molecule has 96 valence electrons. The highest BCUT2D eigenvalue weighted by atomic mass is 32.2. The molecule has 0 saturated heterocycles. The van der Waals surface area contributed by atoms with Gasteiger partial charge in [-0.2, -0.15) is 11.8 Å². The maximum Gasteiger partial charge on any atom is 0.325 e. The second kappa shape index (κ2) is 7.96. The van der Waals surface area contributed by atoms with Gasteiger partial charge in [0.25, 0.3) is 0 Å². The number of esters is 1. The van der Waals surface area contributed by atoms with Gasteiger partial charge in [-0.3, -0.25) is 4.79 Å². The predicted octanol–water partition coefficient (Wildman–Crippen LogP) is 2.44. The Balaban J connectivity index is 3.77. The van der Waals surface area contributed by atoms with Crippen molar-refractivity contribution in [1.29, 1.82) is 0 Å². The molecule has 0 radical (unpaired) electrons. The summed E-state index contributed by atoms with van der Waals surface area (Å²) >= 11 is 1.86. The van der Waals surface area contributed by atoms with Crippen LogP contribution in [0.2, 0.25) is 0 Å². The van der Waals surface area contributed by atoms with Crippen molar-refractivity contribution in [1.82, 2.24) is 0 Å². The quantitative estimate of drug-likeness (QED) is 0.529. The summed E-state index contributed by atoms with van der Waals surface area (Å²) < 4.78 is 4.93. The zero-order chi connectivity index (χ0) is 12.6. The second-order valence-corrected chi connectivity index (χ2v) is 5.63. The van der Waals surface area contributed by atoms with Crippen LogP contribution in [-0.2, 0) is 9.53 Å². The SMILES string of the molecule is CCOC(=O)C(C)(N)CCSCC(C)CC. The molecule has 0 aromatic rings. The molecule has 0 aromatic carbocycles. The van der Waals surface area contributed by atoms with E-state index in [0.29, 0.717) is 13.0 Å². The Bertz CT molecular complexity index is 207. The van der Waals surface area contributed by atoms with Gasteiger partial charge in [0.2, 0.25) is 0 Å². The van der Waals surface area contributed by atoms with Crippen LogP contribution in [0.3, 0.4) is 0 Å². The number of thioether (sulfide) groups is 1. The van der Waals surface area contributed by atoms with Crippen LogP contribution in [0.15, 0.2) is 0 Å². The standard InChI is InChI=1S/C12H25NO2S/c1-5-10(3)9-16-8-7-12(4,13)11(14)15-6-2/h10H,5-9,13H2,1-4H3. The molecule has 0 rings (SSSR count). The zero-order valence-electron chi connectivity index (χ0n) is 10.9. The summed E-state index contributed by atoms with van der Waals surface area (Å²) in [5, 5.41) is 0. The smallest absolute Gasteiger partial charge is 0.325 e. The number of carbonyl (C=O) groups excluding carboxylic acids is 1. The lowest BCUT2D eigenvalue weighted by atomic mass is 10.0. The summed E-state index contributed by atoms with van der Waals surface area (Å²) in [4.78, 5) is 11.5. The summed E-state index contributed by atoms with van der Waals surface area (Å²) in [5.41, 5.74) is 5.07. The molecule has 16 heavy (non-hydrogen) atoms. The van der Waals surface area contributed by atoms with E-state index in [0.717, 1.165) is 17.4 Å². The molecule has 0 aliphatic carbocycles. The number of rotatable bonds is 8. The number of ether oxygens (including phenoxy) is 1. The minimum atomic E-state index is -0.835. The van der Waals surface area contributed by atoms with Gasteiger partial charge < -0.3 is 10.5 Å². The van der Waals surface area contributed by atoms with E-state index >= 15 is 0 Å². The molecule has 2 atom stereocenters. The first kappa shape index (κ1) is 15.8. The van der Waals surface area contributed by atoms with Gasteiger partial charge in [0, 0.05) is 0 Å². The van der Waals surface area contributed by atoms with Crippen molar-refractivity contribution < 1.29 is 9.53 Å². The highest BCUT2D eigenvalue weighted by molar-refractivity contribution is 7.99. The molecule has 0 aliphatic rings. The van der Waals surface area contributed by atoms with Gasteiger partial charge in [-0.25, -0.2) is 0 Å². The fourth-order valence-electron chi connectivity index (χ4n) is 1.08. The number of carbonyl (C=O) groups is 1. The van der Waals surface area contributed by atoms with Crippen LogP contribution < -0.4 is 5.73 Å². The lowest BCUT2D eigenvalue weighted by Crippen LogP contribution is -2.46. The third kappa shape index (κ3) is 6.38. The van der Waals surface area contributed by atoms with Gasteiger partial charge in [0.15, 0.2) is 0 Å². The van der Waals surface area contributed by atoms with Crippen molar-refractivity contribution in [2.45, 2.75) is 46.1 Å². The van der Waals surface area contributed by atoms with Crippen molar-refractivity contribution in [2.75, 3.05) is 18.1 Å². The maximum atomic E-state index is 11.5. The molecule has 0 amide bonds. The Morgan fingerprint density at radius 1 is 1.50 bits per heavy atom. The summed E-state index contributed by atoms with van der Waals surface area (Å²) in [6.07, 6.45) is 1.87. The van der Waals surface area contributed by atoms with Crippen LogP contribution in [0, 0.1) is 5.92 Å². The van der Waals surface area contributed by atoms with E-state index in [1.54, 1.807) is 13.8 Å². The number of hydrogen-bond acceptors (Lipinski definition) is 4. The zero-order valence-corrected chi connectivity index (χ0v) is 11.7. The van der Waals surface area contributed by atoms with Gasteiger partial charge in [-0.15, -0.1) is 0 Å². The van der Waals surface area contributed by atoms with Crippen LogP contribution in [0.4, 0.5) is 0 Å². The molecular formula is C12H25NO2S. The first-order valence-electron chi connectivity index (χ1n) is 5.97. The van der Waals surface area contributed by atoms with Gasteiger partial charge in [-0.05, 0) is 37.7 Å². The first-order chi connectivity index (χ1) is 7.44. The van der Waals surface area contributed by atoms with E-state index in [1.165, 1.54) is 6.42 Å². The molecule has 0 aliphatic heterocycles. The molecule has 0 spiro atoms. The van der Waals surface area contributed by atoms with E-state index < -0.39 is 5.54 Å². The van der Waals surface area contributed by atoms with Crippen LogP contribution in [0.25, 0.3) is 0 Å². The summed E-state index contributed by atoms with van der Waals surface area (Å²) in [5.74, 6) is 2.49. The molecular weight excluding hydrogens is 222 g/mol. The van der Waals surface area contributed by atoms with Crippen LogP contribution >= 0.6 is 11.8 Å². The third-order valence-corrected chi connectivity index (χ3v) is 3.90. The van der Waals surface area contributed by atoms with Gasteiger partial charge in [0.05, 0.1) is 6.61 Å². The van der Waals surface area contributed by atoms with E-state index in [4.69, 9.17) is 10.5 Å². The Morgan fingerprint density at radius 3 is 2.62 bits per heavy atom. The van der Waals surface area contributed by atoms with Crippen molar-refractivity contribution in [2.24, 2.45) is 11.7 Å². The molecule has 0 saturated carbocycles.